The smallest absolute Gasteiger partial charge is 0.257 e. The SMILES string of the molecule is CCN(CC)c1ccc(NC=C2C(=O)Nc3cccc(C)c32)cc1F. The zero-order valence-corrected chi connectivity index (χ0v) is 14.7. The van der Waals surface area contributed by atoms with Gasteiger partial charge in [0.2, 0.25) is 0 Å². The van der Waals surface area contributed by atoms with Gasteiger partial charge in [-0.15, -0.1) is 0 Å². The van der Waals surface area contributed by atoms with Crippen LogP contribution in [0.1, 0.15) is 25.0 Å². The average molecular weight is 339 g/mol. The molecule has 1 heterocycles. The van der Waals surface area contributed by atoms with Crippen molar-refractivity contribution in [3.63, 3.8) is 0 Å². The summed E-state index contributed by atoms with van der Waals surface area (Å²) in [7, 11) is 0. The van der Waals surface area contributed by atoms with Gasteiger partial charge >= 0.3 is 0 Å². The maximum atomic E-state index is 14.4. The van der Waals surface area contributed by atoms with Gasteiger partial charge in [-0.1, -0.05) is 12.1 Å². The standard InChI is InChI=1S/C20H22FN3O/c1-4-24(5-2)18-10-9-14(11-16(18)21)22-12-15-19-13(3)7-6-8-17(19)23-20(15)25/h6-12,22H,4-5H2,1-3H3,(H,23,25). The second kappa shape index (κ2) is 6.97. The number of carbonyl (C=O) groups excluding carboxylic acids is 1. The lowest BCUT2D eigenvalue weighted by atomic mass is 10.0. The van der Waals surface area contributed by atoms with Crippen LogP contribution in [0, 0.1) is 12.7 Å². The van der Waals surface area contributed by atoms with Crippen LogP contribution >= 0.6 is 0 Å². The van der Waals surface area contributed by atoms with Crippen molar-refractivity contribution in [3.8, 4) is 0 Å². The molecule has 25 heavy (non-hydrogen) atoms. The molecule has 0 aromatic heterocycles. The molecule has 0 aliphatic carbocycles. The molecule has 2 aromatic rings. The minimum Gasteiger partial charge on any atom is -0.370 e. The number of nitrogens with one attached hydrogen (secondary N) is 2. The third-order valence-electron chi connectivity index (χ3n) is 4.47. The third-order valence-corrected chi connectivity index (χ3v) is 4.47. The van der Waals surface area contributed by atoms with E-state index in [2.05, 4.69) is 10.6 Å². The number of halogens is 1. The van der Waals surface area contributed by atoms with Crippen LogP contribution in [-0.4, -0.2) is 19.0 Å². The Balaban J connectivity index is 1.86. The summed E-state index contributed by atoms with van der Waals surface area (Å²) in [6.07, 6.45) is 1.64. The fourth-order valence-corrected chi connectivity index (χ4v) is 3.14. The van der Waals surface area contributed by atoms with Crippen LogP contribution in [0.5, 0.6) is 0 Å². The summed E-state index contributed by atoms with van der Waals surface area (Å²) in [6, 6.07) is 10.8. The molecular formula is C20H22FN3O. The Labute approximate surface area is 147 Å². The van der Waals surface area contributed by atoms with E-state index in [1.165, 1.54) is 6.07 Å². The first-order chi connectivity index (χ1) is 12.0. The first kappa shape index (κ1) is 17.0. The highest BCUT2D eigenvalue weighted by Crippen LogP contribution is 2.34. The zero-order chi connectivity index (χ0) is 18.0. The highest BCUT2D eigenvalue weighted by molar-refractivity contribution is 6.32. The van der Waals surface area contributed by atoms with E-state index in [-0.39, 0.29) is 11.7 Å². The zero-order valence-electron chi connectivity index (χ0n) is 14.7. The molecule has 1 amide bonds. The number of nitrogens with zero attached hydrogens (tertiary/aromatic N) is 1. The number of hydrogen-bond acceptors (Lipinski definition) is 3. The van der Waals surface area contributed by atoms with Crippen molar-refractivity contribution < 1.29 is 9.18 Å². The van der Waals surface area contributed by atoms with Gasteiger partial charge in [-0.05, 0) is 50.6 Å². The number of fused-ring (bicyclic) bond motifs is 1. The van der Waals surface area contributed by atoms with Crippen molar-refractivity contribution in [1.82, 2.24) is 0 Å². The van der Waals surface area contributed by atoms with E-state index in [0.29, 0.717) is 16.9 Å². The monoisotopic (exact) mass is 339 g/mol. The van der Waals surface area contributed by atoms with Crippen molar-refractivity contribution in [2.24, 2.45) is 0 Å². The van der Waals surface area contributed by atoms with Gasteiger partial charge in [-0.25, -0.2) is 4.39 Å². The Morgan fingerprint density at radius 1 is 1.20 bits per heavy atom. The Bertz CT molecular complexity index is 841. The second-order valence-corrected chi connectivity index (χ2v) is 5.99. The van der Waals surface area contributed by atoms with Crippen LogP contribution in [-0.2, 0) is 4.79 Å². The number of benzene rings is 2. The molecule has 1 aliphatic rings. The van der Waals surface area contributed by atoms with Gasteiger partial charge < -0.3 is 15.5 Å². The molecule has 2 N–H and O–H groups in total. The minimum absolute atomic E-state index is 0.156. The molecule has 1 aliphatic heterocycles. The second-order valence-electron chi connectivity index (χ2n) is 5.99. The molecule has 0 bridgehead atoms. The number of anilines is 3. The van der Waals surface area contributed by atoms with Crippen LogP contribution in [0.3, 0.4) is 0 Å². The summed E-state index contributed by atoms with van der Waals surface area (Å²) in [6.45, 7) is 7.46. The lowest BCUT2D eigenvalue weighted by molar-refractivity contribution is -0.110. The molecule has 0 radical (unpaired) electrons. The Morgan fingerprint density at radius 2 is 1.96 bits per heavy atom. The van der Waals surface area contributed by atoms with Crippen molar-refractivity contribution in [2.75, 3.05) is 28.6 Å². The summed E-state index contributed by atoms with van der Waals surface area (Å²) >= 11 is 0. The van der Waals surface area contributed by atoms with Crippen LogP contribution < -0.4 is 15.5 Å². The molecule has 0 saturated heterocycles. The molecule has 0 saturated carbocycles. The fourth-order valence-electron chi connectivity index (χ4n) is 3.14. The van der Waals surface area contributed by atoms with Crippen LogP contribution in [0.4, 0.5) is 21.5 Å². The molecule has 3 rings (SSSR count). The Hall–Kier alpha value is -2.82. The topological polar surface area (TPSA) is 44.4 Å². The van der Waals surface area contributed by atoms with Crippen molar-refractivity contribution in [2.45, 2.75) is 20.8 Å². The van der Waals surface area contributed by atoms with Crippen molar-refractivity contribution >= 4 is 28.5 Å². The lowest BCUT2D eigenvalue weighted by Gasteiger charge is -2.21. The molecule has 0 unspecified atom stereocenters. The van der Waals surface area contributed by atoms with Gasteiger partial charge in [0.05, 0.1) is 11.3 Å². The van der Waals surface area contributed by atoms with E-state index in [1.54, 1.807) is 12.3 Å². The van der Waals surface area contributed by atoms with E-state index >= 15 is 0 Å². The fraction of sp³-hybridized carbons (Fsp3) is 0.250. The van der Waals surface area contributed by atoms with E-state index in [4.69, 9.17) is 0 Å². The predicted octanol–water partition coefficient (Wildman–Crippen LogP) is 4.39. The number of amides is 1. The highest BCUT2D eigenvalue weighted by Gasteiger charge is 2.25. The number of carbonyl (C=O) groups is 1. The van der Waals surface area contributed by atoms with Crippen molar-refractivity contribution in [1.29, 1.82) is 0 Å². The summed E-state index contributed by atoms with van der Waals surface area (Å²) in [5.74, 6) is -0.434. The number of aryl methyl sites for hydroxylation is 1. The first-order valence-corrected chi connectivity index (χ1v) is 8.47. The van der Waals surface area contributed by atoms with Gasteiger partial charge in [0.15, 0.2) is 0 Å². The number of hydrogen-bond donors (Lipinski definition) is 2. The Kier molecular flexibility index (Phi) is 4.74. The number of rotatable bonds is 5. The van der Waals surface area contributed by atoms with Crippen LogP contribution in [0.25, 0.3) is 5.57 Å². The molecule has 5 heteroatoms. The van der Waals surface area contributed by atoms with E-state index in [9.17, 15) is 9.18 Å². The molecule has 4 nitrogen and oxygen atoms in total. The largest absolute Gasteiger partial charge is 0.370 e. The summed E-state index contributed by atoms with van der Waals surface area (Å²) in [5.41, 5.74) is 4.47. The average Bonchev–Trinajstić information content (AvgIpc) is 2.92. The Morgan fingerprint density at radius 3 is 2.64 bits per heavy atom. The quantitative estimate of drug-likeness (QED) is 0.794. The molecule has 130 valence electrons. The molecule has 0 fully saturated rings. The van der Waals surface area contributed by atoms with Gasteiger partial charge in [0.25, 0.3) is 5.91 Å². The van der Waals surface area contributed by atoms with Gasteiger partial charge in [-0.3, -0.25) is 4.79 Å². The van der Waals surface area contributed by atoms with Crippen LogP contribution in [0.15, 0.2) is 42.6 Å². The minimum atomic E-state index is -0.278. The molecule has 2 aromatic carbocycles. The summed E-state index contributed by atoms with van der Waals surface area (Å²) < 4.78 is 14.4. The molecular weight excluding hydrogens is 317 g/mol. The van der Waals surface area contributed by atoms with Crippen LogP contribution in [0.2, 0.25) is 0 Å². The first-order valence-electron chi connectivity index (χ1n) is 8.47. The highest BCUT2D eigenvalue weighted by atomic mass is 19.1. The van der Waals surface area contributed by atoms with Gasteiger partial charge in [0, 0.05) is 36.2 Å². The third kappa shape index (κ3) is 3.22. The lowest BCUT2D eigenvalue weighted by Crippen LogP contribution is -2.22. The van der Waals surface area contributed by atoms with E-state index in [1.807, 2.05) is 49.9 Å². The molecule has 0 atom stereocenters. The van der Waals surface area contributed by atoms with Crippen molar-refractivity contribution in [3.05, 3.63) is 59.5 Å². The normalized spacial score (nSPS) is 14.4. The van der Waals surface area contributed by atoms with E-state index < -0.39 is 0 Å². The predicted molar refractivity (Wildman–Crippen MR) is 101 cm³/mol. The van der Waals surface area contributed by atoms with Gasteiger partial charge in [-0.2, -0.15) is 0 Å². The molecule has 0 spiro atoms. The maximum absolute atomic E-state index is 14.4. The van der Waals surface area contributed by atoms with E-state index in [0.717, 1.165) is 29.9 Å². The van der Waals surface area contributed by atoms with Gasteiger partial charge in [0.1, 0.15) is 5.82 Å². The maximum Gasteiger partial charge on any atom is 0.257 e. The summed E-state index contributed by atoms with van der Waals surface area (Å²) in [5, 5.41) is 5.89. The summed E-state index contributed by atoms with van der Waals surface area (Å²) in [4.78, 5) is 14.2.